The number of methoxy groups -OCH3 is 1. The quantitative estimate of drug-likeness (QED) is 0.652. The van der Waals surface area contributed by atoms with Gasteiger partial charge < -0.3 is 15.8 Å². The molecule has 0 saturated carbocycles. The lowest BCUT2D eigenvalue weighted by atomic mass is 10.1. The van der Waals surface area contributed by atoms with Crippen molar-refractivity contribution in [3.05, 3.63) is 30.0 Å². The molecule has 0 aliphatic heterocycles. The Hall–Kier alpha value is -2.30. The van der Waals surface area contributed by atoms with Gasteiger partial charge in [0.1, 0.15) is 11.9 Å². The first kappa shape index (κ1) is 13.1. The number of nitrogen functional groups attached to an aromatic ring is 1. The van der Waals surface area contributed by atoms with E-state index in [4.69, 9.17) is 5.73 Å². The van der Waals surface area contributed by atoms with Crippen molar-refractivity contribution in [2.45, 2.75) is 19.9 Å². The highest BCUT2D eigenvalue weighted by Gasteiger charge is 2.15. The van der Waals surface area contributed by atoms with Crippen molar-refractivity contribution in [1.82, 2.24) is 4.98 Å². The molecule has 0 amide bonds. The van der Waals surface area contributed by atoms with Gasteiger partial charge in [-0.05, 0) is 25.5 Å². The third-order valence-corrected chi connectivity index (χ3v) is 3.04. The number of aryl methyl sites for hydroxylation is 1. The third-order valence-electron chi connectivity index (χ3n) is 3.04. The van der Waals surface area contributed by atoms with Crippen LogP contribution in [0.5, 0.6) is 0 Å². The average molecular weight is 259 g/mol. The molecule has 2 aromatic rings. The van der Waals surface area contributed by atoms with Gasteiger partial charge in [-0.15, -0.1) is 0 Å². The highest BCUT2D eigenvalue weighted by atomic mass is 16.5. The number of nitrogens with one attached hydrogen (secondary N) is 1. The molecule has 5 heteroatoms. The number of nitrogens with two attached hydrogens (primary N) is 1. The number of carbonyl (C=O) groups excluding carboxylic acids is 1. The molecule has 1 atom stereocenters. The van der Waals surface area contributed by atoms with E-state index in [1.165, 1.54) is 7.11 Å². The summed E-state index contributed by atoms with van der Waals surface area (Å²) in [6, 6.07) is 5.18. The molecule has 0 aliphatic rings. The van der Waals surface area contributed by atoms with Crippen LogP contribution in [-0.2, 0) is 9.53 Å². The van der Waals surface area contributed by atoms with E-state index in [9.17, 15) is 4.79 Å². The van der Waals surface area contributed by atoms with E-state index >= 15 is 0 Å². The summed E-state index contributed by atoms with van der Waals surface area (Å²) in [5.74, 6) is 0.297. The fourth-order valence-electron chi connectivity index (χ4n) is 2.06. The van der Waals surface area contributed by atoms with E-state index in [1.54, 1.807) is 13.1 Å². The van der Waals surface area contributed by atoms with Crippen molar-refractivity contribution in [2.75, 3.05) is 18.2 Å². The summed E-state index contributed by atoms with van der Waals surface area (Å²) in [6.45, 7) is 3.69. The molecule has 1 aromatic carbocycles. The molecule has 100 valence electrons. The SMILES string of the molecule is COC(=O)C(C)Nc1ncc(C)c2c(N)cccc12. The first-order valence-electron chi connectivity index (χ1n) is 6.02. The number of ether oxygens (including phenoxy) is 1. The molecule has 19 heavy (non-hydrogen) atoms. The molecular weight excluding hydrogens is 242 g/mol. The van der Waals surface area contributed by atoms with Gasteiger partial charge in [-0.3, -0.25) is 0 Å². The van der Waals surface area contributed by atoms with E-state index in [1.807, 2.05) is 25.1 Å². The Morgan fingerprint density at radius 3 is 2.89 bits per heavy atom. The Bertz CT molecular complexity index is 617. The van der Waals surface area contributed by atoms with Gasteiger partial charge in [0.05, 0.1) is 7.11 Å². The lowest BCUT2D eigenvalue weighted by Crippen LogP contribution is -2.27. The minimum atomic E-state index is -0.468. The average Bonchev–Trinajstić information content (AvgIpc) is 2.41. The van der Waals surface area contributed by atoms with E-state index in [0.29, 0.717) is 11.5 Å². The third kappa shape index (κ3) is 2.45. The first-order valence-corrected chi connectivity index (χ1v) is 6.02. The van der Waals surface area contributed by atoms with Crippen LogP contribution in [0.15, 0.2) is 24.4 Å². The topological polar surface area (TPSA) is 77.2 Å². The molecule has 0 bridgehead atoms. The fourth-order valence-corrected chi connectivity index (χ4v) is 2.06. The van der Waals surface area contributed by atoms with Crippen LogP contribution in [0.2, 0.25) is 0 Å². The molecule has 2 rings (SSSR count). The number of fused-ring (bicyclic) bond motifs is 1. The zero-order valence-electron chi connectivity index (χ0n) is 11.2. The summed E-state index contributed by atoms with van der Waals surface area (Å²) < 4.78 is 4.69. The molecule has 1 aromatic heterocycles. The summed E-state index contributed by atoms with van der Waals surface area (Å²) in [7, 11) is 1.36. The molecule has 0 spiro atoms. The van der Waals surface area contributed by atoms with Gasteiger partial charge in [0.15, 0.2) is 0 Å². The second kappa shape index (κ2) is 5.14. The largest absolute Gasteiger partial charge is 0.467 e. The van der Waals surface area contributed by atoms with Crippen LogP contribution in [0, 0.1) is 6.92 Å². The Morgan fingerprint density at radius 2 is 2.21 bits per heavy atom. The predicted molar refractivity (Wildman–Crippen MR) is 76.0 cm³/mol. The van der Waals surface area contributed by atoms with E-state index in [0.717, 1.165) is 16.3 Å². The van der Waals surface area contributed by atoms with Gasteiger partial charge in [0, 0.05) is 22.7 Å². The van der Waals surface area contributed by atoms with Crippen molar-refractivity contribution < 1.29 is 9.53 Å². The Balaban J connectivity index is 2.48. The molecule has 1 heterocycles. The maximum atomic E-state index is 11.4. The molecule has 3 N–H and O–H groups in total. The molecule has 0 saturated heterocycles. The van der Waals surface area contributed by atoms with Crippen molar-refractivity contribution in [3.63, 3.8) is 0 Å². The lowest BCUT2D eigenvalue weighted by Gasteiger charge is -2.15. The minimum absolute atomic E-state index is 0.334. The normalized spacial score (nSPS) is 12.2. The molecule has 0 radical (unpaired) electrons. The predicted octanol–water partition coefficient (Wildman–Crippen LogP) is 2.10. The maximum Gasteiger partial charge on any atom is 0.328 e. The monoisotopic (exact) mass is 259 g/mol. The fraction of sp³-hybridized carbons (Fsp3) is 0.286. The zero-order chi connectivity index (χ0) is 14.0. The summed E-state index contributed by atoms with van der Waals surface area (Å²) >= 11 is 0. The van der Waals surface area contributed by atoms with Crippen LogP contribution in [-0.4, -0.2) is 24.1 Å². The Labute approximate surface area is 111 Å². The van der Waals surface area contributed by atoms with Gasteiger partial charge in [0.25, 0.3) is 0 Å². The van der Waals surface area contributed by atoms with Gasteiger partial charge in [0.2, 0.25) is 0 Å². The summed E-state index contributed by atoms with van der Waals surface area (Å²) in [5, 5.41) is 4.90. The van der Waals surface area contributed by atoms with E-state index in [-0.39, 0.29) is 5.97 Å². The van der Waals surface area contributed by atoms with Crippen LogP contribution in [0.3, 0.4) is 0 Å². The van der Waals surface area contributed by atoms with E-state index in [2.05, 4.69) is 15.0 Å². The summed E-state index contributed by atoms with van der Waals surface area (Å²) in [5.41, 5.74) is 7.70. The number of anilines is 2. The van der Waals surface area contributed by atoms with Crippen LogP contribution in [0.4, 0.5) is 11.5 Å². The van der Waals surface area contributed by atoms with Gasteiger partial charge >= 0.3 is 5.97 Å². The number of aromatic nitrogens is 1. The van der Waals surface area contributed by atoms with Gasteiger partial charge in [-0.2, -0.15) is 0 Å². The highest BCUT2D eigenvalue weighted by Crippen LogP contribution is 2.29. The molecule has 0 fully saturated rings. The van der Waals surface area contributed by atoms with Crippen LogP contribution in [0.1, 0.15) is 12.5 Å². The summed E-state index contributed by atoms with van der Waals surface area (Å²) in [6.07, 6.45) is 1.74. The molecular formula is C14H17N3O2. The number of hydrogen-bond donors (Lipinski definition) is 2. The van der Waals surface area contributed by atoms with E-state index < -0.39 is 6.04 Å². The minimum Gasteiger partial charge on any atom is -0.467 e. The number of nitrogens with zero attached hydrogens (tertiary/aromatic N) is 1. The number of pyridine rings is 1. The molecule has 0 aliphatic carbocycles. The van der Waals surface area contributed by atoms with Gasteiger partial charge in [-0.1, -0.05) is 12.1 Å². The van der Waals surface area contributed by atoms with Gasteiger partial charge in [-0.25, -0.2) is 9.78 Å². The zero-order valence-corrected chi connectivity index (χ0v) is 11.2. The highest BCUT2D eigenvalue weighted by molar-refractivity contribution is 6.01. The van der Waals surface area contributed by atoms with Crippen molar-refractivity contribution in [3.8, 4) is 0 Å². The maximum absolute atomic E-state index is 11.4. The van der Waals surface area contributed by atoms with Crippen LogP contribution < -0.4 is 11.1 Å². The smallest absolute Gasteiger partial charge is 0.328 e. The lowest BCUT2D eigenvalue weighted by molar-refractivity contribution is -0.141. The van der Waals surface area contributed by atoms with Crippen LogP contribution >= 0.6 is 0 Å². The van der Waals surface area contributed by atoms with Crippen molar-refractivity contribution >= 4 is 28.2 Å². The Morgan fingerprint density at radius 1 is 1.47 bits per heavy atom. The van der Waals surface area contributed by atoms with Crippen molar-refractivity contribution in [1.29, 1.82) is 0 Å². The Kier molecular flexibility index (Phi) is 3.55. The number of benzene rings is 1. The number of carbonyl (C=O) groups is 1. The number of hydrogen-bond acceptors (Lipinski definition) is 5. The number of rotatable bonds is 3. The summed E-state index contributed by atoms with van der Waals surface area (Å²) in [4.78, 5) is 15.8. The second-order valence-electron chi connectivity index (χ2n) is 4.45. The standard InChI is InChI=1S/C14H17N3O2/c1-8-7-16-13(17-9(2)14(18)19-3)10-5-4-6-11(15)12(8)10/h4-7,9H,15H2,1-3H3,(H,16,17). The molecule has 1 unspecified atom stereocenters. The molecule has 5 nitrogen and oxygen atoms in total. The first-order chi connectivity index (χ1) is 9.04. The second-order valence-corrected chi connectivity index (χ2v) is 4.45. The number of esters is 1. The van der Waals surface area contributed by atoms with Crippen LogP contribution in [0.25, 0.3) is 10.8 Å². The van der Waals surface area contributed by atoms with Crippen molar-refractivity contribution in [2.24, 2.45) is 0 Å².